The van der Waals surface area contributed by atoms with Crippen LogP contribution in [0.2, 0.25) is 0 Å². The van der Waals surface area contributed by atoms with Gasteiger partial charge >= 0.3 is 0 Å². The van der Waals surface area contributed by atoms with Gasteiger partial charge in [0, 0.05) is 71.3 Å². The van der Waals surface area contributed by atoms with E-state index in [9.17, 15) is 0 Å². The van der Waals surface area contributed by atoms with Crippen LogP contribution in [0.25, 0.3) is 55.1 Å². The van der Waals surface area contributed by atoms with Gasteiger partial charge in [0.25, 0.3) is 0 Å². The Balaban J connectivity index is 1.06. The second-order valence-corrected chi connectivity index (χ2v) is 25.5. The minimum absolute atomic E-state index is 0.404. The van der Waals surface area contributed by atoms with E-state index in [1.807, 2.05) is 60.7 Å². The maximum absolute atomic E-state index is 6.91. The molecule has 4 unspecified atom stereocenters. The number of benzene rings is 6. The van der Waals surface area contributed by atoms with Crippen LogP contribution in [0, 0.1) is 71.0 Å². The van der Waals surface area contributed by atoms with Gasteiger partial charge in [0.15, 0.2) is 0 Å². The number of pyridine rings is 4. The first-order valence-electron chi connectivity index (χ1n) is 35.6. The van der Waals surface area contributed by atoms with E-state index >= 15 is 0 Å². The second kappa shape index (κ2) is 35.8. The lowest BCUT2D eigenvalue weighted by atomic mass is 9.90. The fourth-order valence-electron chi connectivity index (χ4n) is 12.3. The predicted molar refractivity (Wildman–Crippen MR) is 397 cm³/mol. The van der Waals surface area contributed by atoms with Crippen molar-refractivity contribution in [2.24, 2.45) is 23.7 Å². The third-order valence-electron chi connectivity index (χ3n) is 18.6. The molecule has 0 aliphatic rings. The molecule has 8 heteroatoms. The van der Waals surface area contributed by atoms with Crippen molar-refractivity contribution in [2.45, 2.75) is 158 Å². The summed E-state index contributed by atoms with van der Waals surface area (Å²) in [5.41, 5.74) is 9.68. The summed E-state index contributed by atoms with van der Waals surface area (Å²) in [6, 6.07) is 45.4. The fraction of sp³-hybridized carbons (Fsp3) is 0.364. The molecule has 4 aromatic heterocycles. The molecule has 0 amide bonds. The SMILES string of the molecule is CCCCC(CC)COc1cc(C#Cc2ccc3ccc4c(C#Cc5cc(OCC(CC)CCCC)c(C#Cc6ccnc(-c7ccccn7)c6)cc5OCC(CC)CCCC)ccc5ccc2c3c54)c(OCC(CC)CCCC)cc1C#Cc1ccnc(-c2ccccn2)c1. The quantitative estimate of drug-likeness (QED) is 0.0325. The third-order valence-corrected chi connectivity index (χ3v) is 18.6. The molecule has 0 saturated heterocycles. The molecule has 10 aromatic rings. The summed E-state index contributed by atoms with van der Waals surface area (Å²) in [5, 5.41) is 6.74. The molecule has 0 aliphatic carbocycles. The van der Waals surface area contributed by atoms with Gasteiger partial charge in [-0.05, 0) is 142 Å². The Bertz CT molecular complexity index is 4150. The van der Waals surface area contributed by atoms with Crippen LogP contribution in [0.4, 0.5) is 0 Å². The Morgan fingerprint density at radius 1 is 0.302 bits per heavy atom. The smallest absolute Gasteiger partial charge is 0.136 e. The Kier molecular flexibility index (Phi) is 25.8. The van der Waals surface area contributed by atoms with Gasteiger partial charge in [0.2, 0.25) is 0 Å². The summed E-state index contributed by atoms with van der Waals surface area (Å²) in [6.07, 6.45) is 24.9. The van der Waals surface area contributed by atoms with E-state index in [0.29, 0.717) is 73.1 Å². The molecule has 0 aliphatic heterocycles. The maximum atomic E-state index is 6.91. The van der Waals surface area contributed by atoms with Crippen molar-refractivity contribution in [1.29, 1.82) is 0 Å². The predicted octanol–water partition coefficient (Wildman–Crippen LogP) is 21.5. The van der Waals surface area contributed by atoms with Gasteiger partial charge in [-0.3, -0.25) is 19.9 Å². The average Bonchev–Trinajstić information content (AvgIpc) is 0.737. The van der Waals surface area contributed by atoms with Crippen LogP contribution in [0.5, 0.6) is 23.0 Å². The molecule has 0 radical (unpaired) electrons. The van der Waals surface area contributed by atoms with Gasteiger partial charge in [-0.1, -0.05) is 228 Å². The van der Waals surface area contributed by atoms with E-state index in [0.717, 1.165) is 202 Å². The molecule has 0 saturated carbocycles. The van der Waals surface area contributed by atoms with Crippen molar-refractivity contribution in [3.05, 3.63) is 203 Å². The summed E-state index contributed by atoms with van der Waals surface area (Å²) in [6.45, 7) is 20.3. The summed E-state index contributed by atoms with van der Waals surface area (Å²) >= 11 is 0. The van der Waals surface area contributed by atoms with Crippen LogP contribution >= 0.6 is 0 Å². The normalized spacial score (nSPS) is 12.3. The van der Waals surface area contributed by atoms with E-state index < -0.39 is 0 Å². The standard InChI is InChI=1S/C88H94N4O4/c1-9-17-25-63(13-5)59-93-83-57-75(85(95-61-65(15-7)27-19-11-3)55-73(83)33-31-67-47-51-91-81(53-67)79-29-21-23-49-89-79)41-37-69-35-39-71-44-46-78-70(36-40-72-43-45-77(69)87(71)88(72)78)38-42-76-58-84(94-60-64(14-6)26-18-10-2)74(56-86(76)96-62-66(16-8)28-20-12-4)34-32-68-48-52-92-82(54-68)80-30-22-24-50-90-80/h21-24,29-30,35-36,39-40,43-58,63-66H,9-20,25-28,59-62H2,1-8H3. The van der Waals surface area contributed by atoms with Crippen LogP contribution in [0.1, 0.15) is 203 Å². The lowest BCUT2D eigenvalue weighted by Crippen LogP contribution is -2.13. The molecular formula is C88H94N4O4. The number of aromatic nitrogens is 4. The first kappa shape index (κ1) is 69.2. The molecule has 8 nitrogen and oxygen atoms in total. The highest BCUT2D eigenvalue weighted by molar-refractivity contribution is 6.24. The van der Waals surface area contributed by atoms with Gasteiger partial charge < -0.3 is 18.9 Å². The second-order valence-electron chi connectivity index (χ2n) is 25.5. The highest BCUT2D eigenvalue weighted by Crippen LogP contribution is 2.39. The molecule has 4 atom stereocenters. The molecule has 4 heterocycles. The lowest BCUT2D eigenvalue weighted by molar-refractivity contribution is 0.227. The molecule has 96 heavy (non-hydrogen) atoms. The minimum Gasteiger partial charge on any atom is -0.492 e. The number of ether oxygens (including phenoxy) is 4. The zero-order valence-electron chi connectivity index (χ0n) is 57.9. The highest BCUT2D eigenvalue weighted by atomic mass is 16.5. The summed E-state index contributed by atoms with van der Waals surface area (Å²) in [4.78, 5) is 18.3. The average molecular weight is 1270 g/mol. The molecule has 0 spiro atoms. The highest BCUT2D eigenvalue weighted by Gasteiger charge is 2.20. The fourth-order valence-corrected chi connectivity index (χ4v) is 12.3. The molecule has 10 rings (SSSR count). The van der Waals surface area contributed by atoms with Crippen LogP contribution in [0.3, 0.4) is 0 Å². The van der Waals surface area contributed by atoms with Crippen LogP contribution in [-0.2, 0) is 0 Å². The van der Waals surface area contributed by atoms with E-state index in [-0.39, 0.29) is 0 Å². The molecule has 0 bridgehead atoms. The zero-order chi connectivity index (χ0) is 66.9. The Hall–Kier alpha value is -9.60. The zero-order valence-corrected chi connectivity index (χ0v) is 57.9. The number of nitrogens with zero attached hydrogens (tertiary/aromatic N) is 4. The molecular weight excluding hydrogens is 1180 g/mol. The minimum atomic E-state index is 0.404. The van der Waals surface area contributed by atoms with E-state index in [4.69, 9.17) is 18.9 Å². The molecule has 0 fully saturated rings. The molecule has 0 N–H and O–H groups in total. The number of rotatable bonds is 30. The number of unbranched alkanes of at least 4 members (excludes halogenated alkanes) is 4. The summed E-state index contributed by atoms with van der Waals surface area (Å²) in [7, 11) is 0. The van der Waals surface area contributed by atoms with Gasteiger partial charge in [-0.25, -0.2) is 0 Å². The van der Waals surface area contributed by atoms with Crippen LogP contribution in [0.15, 0.2) is 158 Å². The largest absolute Gasteiger partial charge is 0.492 e. The van der Waals surface area contributed by atoms with Crippen molar-refractivity contribution in [2.75, 3.05) is 26.4 Å². The van der Waals surface area contributed by atoms with Gasteiger partial charge in [-0.2, -0.15) is 0 Å². The van der Waals surface area contributed by atoms with Crippen molar-refractivity contribution < 1.29 is 18.9 Å². The first-order valence-corrected chi connectivity index (χ1v) is 35.6. The summed E-state index contributed by atoms with van der Waals surface area (Å²) in [5.74, 6) is 33.1. The third kappa shape index (κ3) is 18.4. The van der Waals surface area contributed by atoms with Crippen molar-refractivity contribution in [3.63, 3.8) is 0 Å². The Labute approximate surface area is 572 Å². The van der Waals surface area contributed by atoms with Crippen LogP contribution < -0.4 is 18.9 Å². The Morgan fingerprint density at radius 2 is 0.615 bits per heavy atom. The van der Waals surface area contributed by atoms with E-state index in [1.54, 1.807) is 24.8 Å². The molecule has 6 aromatic carbocycles. The number of hydrogen-bond acceptors (Lipinski definition) is 8. The van der Waals surface area contributed by atoms with Crippen molar-refractivity contribution in [3.8, 4) is 93.1 Å². The summed E-state index contributed by atoms with van der Waals surface area (Å²) < 4.78 is 27.6. The maximum Gasteiger partial charge on any atom is 0.136 e. The van der Waals surface area contributed by atoms with Crippen LogP contribution in [-0.4, -0.2) is 46.4 Å². The van der Waals surface area contributed by atoms with E-state index in [1.165, 1.54) is 0 Å². The Morgan fingerprint density at radius 3 is 0.927 bits per heavy atom. The monoisotopic (exact) mass is 1270 g/mol. The lowest BCUT2D eigenvalue weighted by Gasteiger charge is -2.19. The van der Waals surface area contributed by atoms with Crippen molar-refractivity contribution >= 4 is 32.3 Å². The topological polar surface area (TPSA) is 88.5 Å². The molecule has 490 valence electrons. The van der Waals surface area contributed by atoms with E-state index in [2.05, 4.69) is 195 Å². The number of hydrogen-bond donors (Lipinski definition) is 0. The van der Waals surface area contributed by atoms with Gasteiger partial charge in [-0.15, -0.1) is 0 Å². The van der Waals surface area contributed by atoms with Gasteiger partial charge in [0.1, 0.15) is 23.0 Å². The van der Waals surface area contributed by atoms with Gasteiger partial charge in [0.05, 0.1) is 71.5 Å². The first-order chi connectivity index (χ1) is 47.2. The van der Waals surface area contributed by atoms with Crippen molar-refractivity contribution in [1.82, 2.24) is 19.9 Å².